The van der Waals surface area contributed by atoms with E-state index in [4.69, 9.17) is 14.2 Å². The van der Waals surface area contributed by atoms with Crippen LogP contribution in [0.25, 0.3) is 6.08 Å². The number of methoxy groups -OCH3 is 3. The Morgan fingerprint density at radius 1 is 0.886 bits per heavy atom. The minimum absolute atomic E-state index is 0.122. The van der Waals surface area contributed by atoms with Gasteiger partial charge in [-0.05, 0) is 60.0 Å². The van der Waals surface area contributed by atoms with Crippen molar-refractivity contribution in [2.75, 3.05) is 33.2 Å². The lowest BCUT2D eigenvalue weighted by Crippen LogP contribution is -2.26. The molecule has 0 unspecified atom stereocenters. The first-order chi connectivity index (χ1) is 16.9. The second-order valence-electron chi connectivity index (χ2n) is 7.44. The molecule has 0 aromatic heterocycles. The number of ether oxygens (including phenoxy) is 3. The Morgan fingerprint density at radius 2 is 1.51 bits per heavy atom. The second-order valence-corrected chi connectivity index (χ2v) is 9.21. The largest absolute Gasteiger partial charge is 0.493 e. The summed E-state index contributed by atoms with van der Waals surface area (Å²) in [5.74, 6) is 1.03. The fraction of sp³-hybridized carbons (Fsp3) is 0.192. The molecule has 1 amide bonds. The number of rotatable bonds is 11. The van der Waals surface area contributed by atoms with Crippen molar-refractivity contribution in [3.63, 3.8) is 0 Å². The quantitative estimate of drug-likeness (QED) is 0.391. The molecule has 0 saturated heterocycles. The fourth-order valence-corrected chi connectivity index (χ4v) is 4.36. The van der Waals surface area contributed by atoms with E-state index in [1.165, 1.54) is 51.7 Å². The van der Waals surface area contributed by atoms with Crippen molar-refractivity contribution in [1.29, 1.82) is 0 Å². The molecular weight excluding hydrogens is 468 g/mol. The van der Waals surface area contributed by atoms with Gasteiger partial charge in [0.1, 0.15) is 0 Å². The summed E-state index contributed by atoms with van der Waals surface area (Å²) in [6.45, 7) is 0.288. The van der Waals surface area contributed by atoms with Crippen LogP contribution in [0.2, 0.25) is 0 Å². The molecule has 3 aromatic rings. The van der Waals surface area contributed by atoms with Crippen molar-refractivity contribution in [3.8, 4) is 17.2 Å². The molecule has 9 heteroatoms. The van der Waals surface area contributed by atoms with Gasteiger partial charge in [0.25, 0.3) is 0 Å². The van der Waals surface area contributed by atoms with E-state index in [1.807, 2.05) is 30.3 Å². The molecule has 0 aliphatic heterocycles. The summed E-state index contributed by atoms with van der Waals surface area (Å²) in [6.07, 6.45) is 3.55. The van der Waals surface area contributed by atoms with Crippen LogP contribution in [0.5, 0.6) is 17.2 Å². The zero-order chi connectivity index (χ0) is 25.3. The highest BCUT2D eigenvalue weighted by atomic mass is 32.2. The number of amides is 1. The molecule has 0 bridgehead atoms. The van der Waals surface area contributed by atoms with Gasteiger partial charge in [0.15, 0.2) is 11.5 Å². The number of carbonyl (C=O) groups excluding carboxylic acids is 1. The first kappa shape index (κ1) is 25.8. The number of carbonyl (C=O) groups is 1. The van der Waals surface area contributed by atoms with Crippen LogP contribution in [-0.4, -0.2) is 42.2 Å². The Kier molecular flexibility index (Phi) is 8.88. The lowest BCUT2D eigenvalue weighted by molar-refractivity contribution is -0.111. The number of nitrogens with one attached hydrogen (secondary N) is 2. The Morgan fingerprint density at radius 3 is 2.09 bits per heavy atom. The highest BCUT2D eigenvalue weighted by Crippen LogP contribution is 2.38. The molecule has 35 heavy (non-hydrogen) atoms. The lowest BCUT2D eigenvalue weighted by Gasteiger charge is -2.12. The Hall–Kier alpha value is -3.82. The Balaban J connectivity index is 1.60. The van der Waals surface area contributed by atoms with Crippen molar-refractivity contribution in [3.05, 3.63) is 83.9 Å². The summed E-state index contributed by atoms with van der Waals surface area (Å²) in [4.78, 5) is 12.5. The number of hydrogen-bond donors (Lipinski definition) is 2. The Bertz CT molecular complexity index is 1250. The van der Waals surface area contributed by atoms with Crippen molar-refractivity contribution < 1.29 is 27.4 Å². The van der Waals surface area contributed by atoms with Gasteiger partial charge in [0, 0.05) is 18.3 Å². The summed E-state index contributed by atoms with van der Waals surface area (Å²) in [5, 5.41) is 2.71. The SMILES string of the molecule is COc1cc(/C=C/C(=O)Nc2ccc(S(=O)(=O)NCCc3ccccc3)cc2)cc(OC)c1OC. The highest BCUT2D eigenvalue weighted by Gasteiger charge is 2.14. The van der Waals surface area contributed by atoms with Crippen LogP contribution in [0, 0.1) is 0 Å². The molecule has 0 saturated carbocycles. The first-order valence-corrected chi connectivity index (χ1v) is 12.3. The predicted molar refractivity (Wildman–Crippen MR) is 136 cm³/mol. The van der Waals surface area contributed by atoms with E-state index in [0.29, 0.717) is 34.9 Å². The molecule has 0 aliphatic carbocycles. The monoisotopic (exact) mass is 496 g/mol. The zero-order valence-corrected chi connectivity index (χ0v) is 20.6. The minimum Gasteiger partial charge on any atom is -0.493 e. The van der Waals surface area contributed by atoms with Crippen molar-refractivity contribution in [2.24, 2.45) is 0 Å². The average Bonchev–Trinajstić information content (AvgIpc) is 2.87. The topological polar surface area (TPSA) is 103 Å². The third kappa shape index (κ3) is 7.08. The van der Waals surface area contributed by atoms with Crippen molar-refractivity contribution in [2.45, 2.75) is 11.3 Å². The molecule has 0 heterocycles. The van der Waals surface area contributed by atoms with E-state index in [1.54, 1.807) is 18.2 Å². The molecule has 0 spiro atoms. The number of hydrogen-bond acceptors (Lipinski definition) is 6. The van der Waals surface area contributed by atoms with Gasteiger partial charge in [-0.3, -0.25) is 4.79 Å². The van der Waals surface area contributed by atoms with Gasteiger partial charge < -0.3 is 19.5 Å². The smallest absolute Gasteiger partial charge is 0.248 e. The van der Waals surface area contributed by atoms with E-state index in [-0.39, 0.29) is 17.3 Å². The predicted octanol–water partition coefficient (Wildman–Crippen LogP) is 3.89. The molecule has 0 radical (unpaired) electrons. The van der Waals surface area contributed by atoms with Crippen LogP contribution in [0.1, 0.15) is 11.1 Å². The average molecular weight is 497 g/mol. The van der Waals surface area contributed by atoms with Gasteiger partial charge in [-0.1, -0.05) is 30.3 Å². The molecule has 0 aliphatic rings. The van der Waals surface area contributed by atoms with Gasteiger partial charge in [-0.15, -0.1) is 0 Å². The standard InChI is InChI=1S/C26H28N2O6S/c1-32-23-17-20(18-24(33-2)26(23)34-3)9-14-25(29)28-21-10-12-22(13-11-21)35(30,31)27-16-15-19-7-5-4-6-8-19/h4-14,17-18,27H,15-16H2,1-3H3,(H,28,29)/b14-9+. The van der Waals surface area contributed by atoms with Crippen LogP contribution in [-0.2, 0) is 21.2 Å². The van der Waals surface area contributed by atoms with E-state index >= 15 is 0 Å². The zero-order valence-electron chi connectivity index (χ0n) is 19.8. The van der Waals surface area contributed by atoms with Gasteiger partial charge >= 0.3 is 0 Å². The maximum atomic E-state index is 12.5. The van der Waals surface area contributed by atoms with Crippen LogP contribution in [0.3, 0.4) is 0 Å². The lowest BCUT2D eigenvalue weighted by atomic mass is 10.1. The van der Waals surface area contributed by atoms with Crippen LogP contribution >= 0.6 is 0 Å². The van der Waals surface area contributed by atoms with E-state index < -0.39 is 10.0 Å². The summed E-state index contributed by atoms with van der Waals surface area (Å²) in [5.41, 5.74) is 2.19. The summed E-state index contributed by atoms with van der Waals surface area (Å²) < 4.78 is 43.6. The van der Waals surface area contributed by atoms with E-state index in [0.717, 1.165) is 5.56 Å². The highest BCUT2D eigenvalue weighted by molar-refractivity contribution is 7.89. The van der Waals surface area contributed by atoms with Crippen LogP contribution < -0.4 is 24.2 Å². The Labute approximate surface area is 205 Å². The maximum Gasteiger partial charge on any atom is 0.248 e. The summed E-state index contributed by atoms with van der Waals surface area (Å²) in [6, 6.07) is 19.0. The van der Waals surface area contributed by atoms with Crippen molar-refractivity contribution >= 4 is 27.7 Å². The second kappa shape index (κ2) is 12.0. The number of sulfonamides is 1. The van der Waals surface area contributed by atoms with E-state index in [9.17, 15) is 13.2 Å². The summed E-state index contributed by atoms with van der Waals surface area (Å²) >= 11 is 0. The molecular formula is C26H28N2O6S. The minimum atomic E-state index is -3.65. The molecule has 184 valence electrons. The molecule has 3 rings (SSSR count). The third-order valence-corrected chi connectivity index (χ3v) is 6.57. The molecule has 3 aromatic carbocycles. The van der Waals surface area contributed by atoms with Crippen LogP contribution in [0.15, 0.2) is 77.7 Å². The molecule has 0 fully saturated rings. The van der Waals surface area contributed by atoms with Gasteiger partial charge in [-0.2, -0.15) is 0 Å². The first-order valence-electron chi connectivity index (χ1n) is 10.8. The van der Waals surface area contributed by atoms with E-state index in [2.05, 4.69) is 10.0 Å². The molecule has 0 atom stereocenters. The van der Waals surface area contributed by atoms with Crippen LogP contribution in [0.4, 0.5) is 5.69 Å². The van der Waals surface area contributed by atoms with Crippen molar-refractivity contribution in [1.82, 2.24) is 4.72 Å². The van der Waals surface area contributed by atoms with Gasteiger partial charge in [0.05, 0.1) is 26.2 Å². The number of benzene rings is 3. The van der Waals surface area contributed by atoms with Gasteiger partial charge in [-0.25, -0.2) is 13.1 Å². The fourth-order valence-electron chi connectivity index (χ4n) is 3.33. The number of anilines is 1. The third-order valence-electron chi connectivity index (χ3n) is 5.09. The molecule has 8 nitrogen and oxygen atoms in total. The maximum absolute atomic E-state index is 12.5. The summed E-state index contributed by atoms with van der Waals surface area (Å²) in [7, 11) is 0.891. The molecule has 2 N–H and O–H groups in total. The van der Waals surface area contributed by atoms with Gasteiger partial charge in [0.2, 0.25) is 21.7 Å². The normalized spacial score (nSPS) is 11.3.